The Bertz CT molecular complexity index is 136. The molecule has 0 N–H and O–H groups in total. The predicted molar refractivity (Wildman–Crippen MR) is 25.6 cm³/mol. The Kier molecular flexibility index (Phi) is 1.02. The van der Waals surface area contributed by atoms with Crippen molar-refractivity contribution in [3.05, 3.63) is 24.0 Å². The summed E-state index contributed by atoms with van der Waals surface area (Å²) in [4.78, 5) is 0. The third-order valence-electron chi connectivity index (χ3n) is 0.665. The van der Waals surface area contributed by atoms with Crippen molar-refractivity contribution in [3.8, 4) is 0 Å². The van der Waals surface area contributed by atoms with Crippen LogP contribution in [-0.4, -0.2) is 10.2 Å². The fourth-order valence-electron chi connectivity index (χ4n) is 0.332. The molecular formula is C5H5N2. The first-order chi connectivity index (χ1) is 3.39. The van der Waals surface area contributed by atoms with E-state index in [1.807, 2.05) is 13.0 Å². The molecule has 0 unspecified atom stereocenters. The highest BCUT2D eigenvalue weighted by atomic mass is 15.1. The molecule has 1 radical (unpaired) electrons. The first-order valence-corrected chi connectivity index (χ1v) is 2.06. The fourth-order valence-corrected chi connectivity index (χ4v) is 0.332. The summed E-state index contributed by atoms with van der Waals surface area (Å²) < 4.78 is 0. The molecule has 0 aliphatic rings. The monoisotopic (exact) mass is 93.0 g/mol. The molecule has 1 heterocycles. The van der Waals surface area contributed by atoms with E-state index in [2.05, 4.69) is 16.4 Å². The second-order valence-corrected chi connectivity index (χ2v) is 1.30. The lowest BCUT2D eigenvalue weighted by Gasteiger charge is -1.79. The third kappa shape index (κ3) is 0.961. The van der Waals surface area contributed by atoms with Crippen LogP contribution in [0.2, 0.25) is 0 Å². The molecule has 1 aromatic rings. The van der Waals surface area contributed by atoms with E-state index in [0.717, 1.165) is 5.69 Å². The van der Waals surface area contributed by atoms with Gasteiger partial charge in [0, 0.05) is 0 Å². The molecule has 0 saturated carbocycles. The molecule has 0 amide bonds. The van der Waals surface area contributed by atoms with Gasteiger partial charge in [0.15, 0.2) is 0 Å². The van der Waals surface area contributed by atoms with Gasteiger partial charge in [-0.05, 0) is 19.1 Å². The minimum atomic E-state index is 0.929. The molecule has 7 heavy (non-hydrogen) atoms. The van der Waals surface area contributed by atoms with Crippen molar-refractivity contribution in [2.24, 2.45) is 0 Å². The van der Waals surface area contributed by atoms with Gasteiger partial charge in [0.1, 0.15) is 6.20 Å². The number of rotatable bonds is 0. The van der Waals surface area contributed by atoms with Gasteiger partial charge in [0.25, 0.3) is 0 Å². The Morgan fingerprint density at radius 1 is 1.71 bits per heavy atom. The lowest BCUT2D eigenvalue weighted by Crippen LogP contribution is -1.80. The van der Waals surface area contributed by atoms with Crippen LogP contribution in [0, 0.1) is 13.1 Å². The average molecular weight is 93.1 g/mol. The molecule has 0 fully saturated rings. The van der Waals surface area contributed by atoms with E-state index in [4.69, 9.17) is 0 Å². The molecule has 1 rings (SSSR count). The molecule has 0 aromatic carbocycles. The summed E-state index contributed by atoms with van der Waals surface area (Å²) in [7, 11) is 0. The van der Waals surface area contributed by atoms with Gasteiger partial charge in [-0.25, -0.2) is 0 Å². The molecule has 0 bridgehead atoms. The largest absolute Gasteiger partial charge is 0.155 e. The summed E-state index contributed by atoms with van der Waals surface area (Å²) in [6.45, 7) is 1.89. The molecule has 0 atom stereocenters. The standard InChI is InChI=1S/C5H5N2/c1-5-3-2-4-6-7-5/h2-3H,1H3. The Hall–Kier alpha value is -0.920. The van der Waals surface area contributed by atoms with Gasteiger partial charge in [-0.1, -0.05) is 0 Å². The zero-order valence-electron chi connectivity index (χ0n) is 4.05. The SMILES string of the molecule is Cc1cc[c]nn1. The van der Waals surface area contributed by atoms with Gasteiger partial charge in [0.2, 0.25) is 0 Å². The highest BCUT2D eigenvalue weighted by Crippen LogP contribution is 1.81. The van der Waals surface area contributed by atoms with E-state index in [9.17, 15) is 0 Å². The Balaban J connectivity index is 3.02. The maximum atomic E-state index is 3.67. The summed E-state index contributed by atoms with van der Waals surface area (Å²) in [5, 5.41) is 7.18. The molecule has 0 spiro atoms. The summed E-state index contributed by atoms with van der Waals surface area (Å²) in [5.41, 5.74) is 0.929. The fraction of sp³-hybridized carbons (Fsp3) is 0.200. The Morgan fingerprint density at radius 2 is 2.57 bits per heavy atom. The van der Waals surface area contributed by atoms with E-state index in [-0.39, 0.29) is 0 Å². The predicted octanol–water partition coefficient (Wildman–Crippen LogP) is 0.585. The van der Waals surface area contributed by atoms with Crippen molar-refractivity contribution < 1.29 is 0 Å². The summed E-state index contributed by atoms with van der Waals surface area (Å²) in [5.74, 6) is 0. The first kappa shape index (κ1) is 4.24. The van der Waals surface area contributed by atoms with E-state index in [1.54, 1.807) is 6.07 Å². The first-order valence-electron chi connectivity index (χ1n) is 2.06. The Labute approximate surface area is 42.2 Å². The number of hydrogen-bond donors (Lipinski definition) is 0. The highest BCUT2D eigenvalue weighted by molar-refractivity contribution is 4.93. The third-order valence-corrected chi connectivity index (χ3v) is 0.665. The van der Waals surface area contributed by atoms with Crippen LogP contribution < -0.4 is 0 Å². The molecule has 35 valence electrons. The zero-order chi connectivity index (χ0) is 5.11. The van der Waals surface area contributed by atoms with Crippen molar-refractivity contribution in [1.29, 1.82) is 0 Å². The summed E-state index contributed by atoms with van der Waals surface area (Å²) >= 11 is 0. The second-order valence-electron chi connectivity index (χ2n) is 1.30. The molecule has 0 aliphatic heterocycles. The molecule has 0 saturated heterocycles. The van der Waals surface area contributed by atoms with Gasteiger partial charge in [-0.2, -0.15) is 5.10 Å². The summed E-state index contributed by atoms with van der Waals surface area (Å²) in [6.07, 6.45) is 2.57. The van der Waals surface area contributed by atoms with E-state index < -0.39 is 0 Å². The lowest BCUT2D eigenvalue weighted by molar-refractivity contribution is 0.973. The van der Waals surface area contributed by atoms with Crippen LogP contribution >= 0.6 is 0 Å². The van der Waals surface area contributed by atoms with Crippen LogP contribution in [0.15, 0.2) is 12.1 Å². The van der Waals surface area contributed by atoms with Gasteiger partial charge in [-0.15, -0.1) is 5.10 Å². The van der Waals surface area contributed by atoms with Crippen LogP contribution in [0.1, 0.15) is 5.69 Å². The van der Waals surface area contributed by atoms with Crippen molar-refractivity contribution in [3.63, 3.8) is 0 Å². The minimum absolute atomic E-state index is 0.929. The van der Waals surface area contributed by atoms with Gasteiger partial charge in [0.05, 0.1) is 5.69 Å². The normalized spacial score (nSPS) is 8.71. The lowest BCUT2D eigenvalue weighted by atomic mass is 10.4. The second kappa shape index (κ2) is 1.69. The Morgan fingerprint density at radius 3 is 2.86 bits per heavy atom. The van der Waals surface area contributed by atoms with Crippen molar-refractivity contribution in [2.75, 3.05) is 0 Å². The van der Waals surface area contributed by atoms with Crippen molar-refractivity contribution in [2.45, 2.75) is 6.92 Å². The van der Waals surface area contributed by atoms with Crippen LogP contribution in [0.4, 0.5) is 0 Å². The van der Waals surface area contributed by atoms with Crippen LogP contribution in [0.25, 0.3) is 0 Å². The van der Waals surface area contributed by atoms with E-state index in [0.29, 0.717) is 0 Å². The molecular weight excluding hydrogens is 88.1 g/mol. The zero-order valence-corrected chi connectivity index (χ0v) is 4.05. The van der Waals surface area contributed by atoms with E-state index >= 15 is 0 Å². The molecule has 1 aromatic heterocycles. The van der Waals surface area contributed by atoms with Gasteiger partial charge in [-0.3, -0.25) is 0 Å². The molecule has 2 nitrogen and oxygen atoms in total. The number of aryl methyl sites for hydroxylation is 1. The van der Waals surface area contributed by atoms with Gasteiger partial charge < -0.3 is 0 Å². The minimum Gasteiger partial charge on any atom is -0.155 e. The van der Waals surface area contributed by atoms with Crippen molar-refractivity contribution >= 4 is 0 Å². The van der Waals surface area contributed by atoms with Crippen LogP contribution in [0.5, 0.6) is 0 Å². The van der Waals surface area contributed by atoms with Crippen LogP contribution in [0.3, 0.4) is 0 Å². The van der Waals surface area contributed by atoms with Gasteiger partial charge >= 0.3 is 0 Å². The smallest absolute Gasteiger partial charge is 0.113 e. The average Bonchev–Trinajstić information content (AvgIpc) is 1.69. The quantitative estimate of drug-likeness (QED) is 0.469. The maximum Gasteiger partial charge on any atom is 0.113 e. The number of nitrogens with zero attached hydrogens (tertiary/aromatic N) is 2. The highest BCUT2D eigenvalue weighted by Gasteiger charge is 1.75. The topological polar surface area (TPSA) is 25.8 Å². The van der Waals surface area contributed by atoms with E-state index in [1.165, 1.54) is 0 Å². The number of hydrogen-bond acceptors (Lipinski definition) is 2. The van der Waals surface area contributed by atoms with Crippen molar-refractivity contribution in [1.82, 2.24) is 10.2 Å². The summed E-state index contributed by atoms with van der Waals surface area (Å²) in [6, 6.07) is 3.59. The number of aromatic nitrogens is 2. The van der Waals surface area contributed by atoms with Crippen LogP contribution in [-0.2, 0) is 0 Å². The molecule has 0 aliphatic carbocycles. The maximum absolute atomic E-state index is 3.67. The molecule has 2 heteroatoms.